The lowest BCUT2D eigenvalue weighted by Gasteiger charge is -2.37. The summed E-state index contributed by atoms with van der Waals surface area (Å²) in [6.45, 7) is 10.4. The first-order valence-corrected chi connectivity index (χ1v) is 6.94. The van der Waals surface area contributed by atoms with Crippen molar-refractivity contribution in [2.45, 2.75) is 58.6 Å². The maximum absolute atomic E-state index is 11.3. The van der Waals surface area contributed by atoms with E-state index in [4.69, 9.17) is 4.74 Å². The van der Waals surface area contributed by atoms with Crippen LogP contribution in [0.1, 0.15) is 47.0 Å². The van der Waals surface area contributed by atoms with Gasteiger partial charge in [0.25, 0.3) is 0 Å². The molecule has 4 heteroatoms. The van der Waals surface area contributed by atoms with Crippen LogP contribution in [0.2, 0.25) is 0 Å². The van der Waals surface area contributed by atoms with Crippen LogP contribution in [0.15, 0.2) is 0 Å². The minimum Gasteiger partial charge on any atom is -0.480 e. The summed E-state index contributed by atoms with van der Waals surface area (Å²) in [5.74, 6) is -0.130. The zero-order chi connectivity index (χ0) is 13.8. The van der Waals surface area contributed by atoms with Crippen LogP contribution in [0.4, 0.5) is 0 Å². The lowest BCUT2D eigenvalue weighted by Crippen LogP contribution is -2.48. The second kappa shape index (κ2) is 6.53. The molecule has 0 aromatic heterocycles. The Hall–Kier alpha value is -0.610. The number of carboxylic acid groups (broad SMARTS) is 1. The fourth-order valence-electron chi connectivity index (χ4n) is 2.45. The van der Waals surface area contributed by atoms with E-state index >= 15 is 0 Å². The lowest BCUT2D eigenvalue weighted by molar-refractivity contribution is -0.146. The highest BCUT2D eigenvalue weighted by Crippen LogP contribution is 2.25. The van der Waals surface area contributed by atoms with E-state index in [-0.39, 0.29) is 11.6 Å². The van der Waals surface area contributed by atoms with Gasteiger partial charge in [0.1, 0.15) is 6.04 Å². The largest absolute Gasteiger partial charge is 0.480 e. The van der Waals surface area contributed by atoms with Crippen LogP contribution >= 0.6 is 0 Å². The standard InChI is InChI=1S/C14H27NO3/c1-5-11-6-7-15(12(10-11)13(16)17)8-9-18-14(2,3)4/h11-12H,5-10H2,1-4H3,(H,16,17). The molecule has 0 amide bonds. The van der Waals surface area contributed by atoms with Gasteiger partial charge in [0.2, 0.25) is 0 Å². The summed E-state index contributed by atoms with van der Waals surface area (Å²) in [6, 6.07) is -0.327. The molecule has 0 aromatic carbocycles. The number of carboxylic acids is 1. The third-order valence-electron chi connectivity index (χ3n) is 3.60. The Bertz CT molecular complexity index is 273. The first-order valence-electron chi connectivity index (χ1n) is 6.94. The number of piperidine rings is 1. The number of ether oxygens (including phenoxy) is 1. The van der Waals surface area contributed by atoms with Gasteiger partial charge in [-0.05, 0) is 46.1 Å². The van der Waals surface area contributed by atoms with Crippen molar-refractivity contribution in [2.24, 2.45) is 5.92 Å². The van der Waals surface area contributed by atoms with Crippen molar-refractivity contribution in [2.75, 3.05) is 19.7 Å². The molecule has 1 rings (SSSR count). The average Bonchev–Trinajstić information content (AvgIpc) is 2.27. The fraction of sp³-hybridized carbons (Fsp3) is 0.929. The van der Waals surface area contributed by atoms with Crippen LogP contribution < -0.4 is 0 Å². The summed E-state index contributed by atoms with van der Waals surface area (Å²) in [4.78, 5) is 13.4. The Morgan fingerprint density at radius 1 is 1.44 bits per heavy atom. The molecule has 0 spiro atoms. The highest BCUT2D eigenvalue weighted by atomic mass is 16.5. The number of carbonyl (C=O) groups is 1. The zero-order valence-corrected chi connectivity index (χ0v) is 12.1. The summed E-state index contributed by atoms with van der Waals surface area (Å²) < 4.78 is 5.68. The summed E-state index contributed by atoms with van der Waals surface area (Å²) in [7, 11) is 0. The van der Waals surface area contributed by atoms with Crippen LogP contribution in [0, 0.1) is 5.92 Å². The summed E-state index contributed by atoms with van der Waals surface area (Å²) in [5.41, 5.74) is -0.152. The Kier molecular flexibility index (Phi) is 5.60. The molecular weight excluding hydrogens is 230 g/mol. The van der Waals surface area contributed by atoms with Crippen molar-refractivity contribution in [1.29, 1.82) is 0 Å². The topological polar surface area (TPSA) is 49.8 Å². The molecule has 0 radical (unpaired) electrons. The third kappa shape index (κ3) is 4.94. The highest BCUT2D eigenvalue weighted by molar-refractivity contribution is 5.73. The molecule has 106 valence electrons. The molecule has 18 heavy (non-hydrogen) atoms. The van der Waals surface area contributed by atoms with Crippen LogP contribution in [0.3, 0.4) is 0 Å². The molecule has 4 nitrogen and oxygen atoms in total. The van der Waals surface area contributed by atoms with Gasteiger partial charge in [-0.1, -0.05) is 13.3 Å². The van der Waals surface area contributed by atoms with E-state index in [0.717, 1.165) is 25.8 Å². The Morgan fingerprint density at radius 2 is 2.11 bits per heavy atom. The number of hydrogen-bond acceptors (Lipinski definition) is 3. The van der Waals surface area contributed by atoms with E-state index < -0.39 is 5.97 Å². The SMILES string of the molecule is CCC1CCN(CCOC(C)(C)C)C(C(=O)O)C1. The molecule has 2 unspecified atom stereocenters. The van der Waals surface area contributed by atoms with Gasteiger partial charge in [-0.25, -0.2) is 0 Å². The second-order valence-electron chi connectivity index (χ2n) is 6.15. The molecule has 1 fully saturated rings. The average molecular weight is 257 g/mol. The van der Waals surface area contributed by atoms with Crippen LogP contribution in [0.25, 0.3) is 0 Å². The van der Waals surface area contributed by atoms with E-state index in [9.17, 15) is 9.90 Å². The van der Waals surface area contributed by atoms with E-state index in [0.29, 0.717) is 19.1 Å². The Labute approximate surface area is 110 Å². The van der Waals surface area contributed by atoms with Crippen molar-refractivity contribution >= 4 is 5.97 Å². The van der Waals surface area contributed by atoms with Gasteiger partial charge in [-0.15, -0.1) is 0 Å². The van der Waals surface area contributed by atoms with Crippen LogP contribution in [-0.4, -0.2) is 47.3 Å². The first-order chi connectivity index (χ1) is 8.33. The number of rotatable bonds is 5. The van der Waals surface area contributed by atoms with Gasteiger partial charge < -0.3 is 9.84 Å². The van der Waals surface area contributed by atoms with Crippen molar-refractivity contribution in [1.82, 2.24) is 4.90 Å². The van der Waals surface area contributed by atoms with Gasteiger partial charge in [-0.2, -0.15) is 0 Å². The maximum Gasteiger partial charge on any atom is 0.320 e. The molecule has 0 aliphatic carbocycles. The molecule has 2 atom stereocenters. The molecule has 1 heterocycles. The van der Waals surface area contributed by atoms with Crippen LogP contribution in [-0.2, 0) is 9.53 Å². The Balaban J connectivity index is 2.45. The smallest absolute Gasteiger partial charge is 0.320 e. The predicted molar refractivity (Wildman–Crippen MR) is 71.7 cm³/mol. The number of aliphatic carboxylic acids is 1. The zero-order valence-electron chi connectivity index (χ0n) is 12.1. The molecular formula is C14H27NO3. The van der Waals surface area contributed by atoms with Crippen molar-refractivity contribution in [3.8, 4) is 0 Å². The summed E-state index contributed by atoms with van der Waals surface area (Å²) >= 11 is 0. The van der Waals surface area contributed by atoms with Gasteiger partial charge in [0.05, 0.1) is 12.2 Å². The minimum absolute atomic E-state index is 0.152. The van der Waals surface area contributed by atoms with Crippen molar-refractivity contribution < 1.29 is 14.6 Å². The number of likely N-dealkylation sites (tertiary alicyclic amines) is 1. The van der Waals surface area contributed by atoms with E-state index in [1.54, 1.807) is 0 Å². The van der Waals surface area contributed by atoms with Crippen molar-refractivity contribution in [3.63, 3.8) is 0 Å². The first kappa shape index (κ1) is 15.4. The maximum atomic E-state index is 11.3. The van der Waals surface area contributed by atoms with Gasteiger partial charge in [0.15, 0.2) is 0 Å². The predicted octanol–water partition coefficient (Wildman–Crippen LogP) is 2.38. The fourth-order valence-corrected chi connectivity index (χ4v) is 2.45. The third-order valence-corrected chi connectivity index (χ3v) is 3.60. The van der Waals surface area contributed by atoms with Gasteiger partial charge in [-0.3, -0.25) is 9.69 Å². The van der Waals surface area contributed by atoms with Gasteiger partial charge >= 0.3 is 5.97 Å². The number of hydrogen-bond donors (Lipinski definition) is 1. The molecule has 1 saturated heterocycles. The molecule has 0 saturated carbocycles. The normalized spacial score (nSPS) is 26.2. The van der Waals surface area contributed by atoms with Crippen LogP contribution in [0.5, 0.6) is 0 Å². The highest BCUT2D eigenvalue weighted by Gasteiger charge is 2.32. The summed E-state index contributed by atoms with van der Waals surface area (Å²) in [5, 5.41) is 9.30. The minimum atomic E-state index is -0.691. The van der Waals surface area contributed by atoms with Crippen molar-refractivity contribution in [3.05, 3.63) is 0 Å². The second-order valence-corrected chi connectivity index (χ2v) is 6.15. The molecule has 0 bridgehead atoms. The lowest BCUT2D eigenvalue weighted by atomic mass is 9.89. The van der Waals surface area contributed by atoms with E-state index in [1.165, 1.54) is 0 Å². The molecule has 0 aromatic rings. The quantitative estimate of drug-likeness (QED) is 0.821. The molecule has 1 aliphatic rings. The number of nitrogens with zero attached hydrogens (tertiary/aromatic N) is 1. The van der Waals surface area contributed by atoms with Gasteiger partial charge in [0, 0.05) is 6.54 Å². The van der Waals surface area contributed by atoms with E-state index in [1.807, 2.05) is 20.8 Å². The summed E-state index contributed by atoms with van der Waals surface area (Å²) in [6.07, 6.45) is 2.97. The Morgan fingerprint density at radius 3 is 2.61 bits per heavy atom. The molecule has 1 N–H and O–H groups in total. The molecule has 1 aliphatic heterocycles. The monoisotopic (exact) mass is 257 g/mol. The van der Waals surface area contributed by atoms with E-state index in [2.05, 4.69) is 11.8 Å².